The largest absolute Gasteiger partial charge is 0.357 e. The van der Waals surface area contributed by atoms with Crippen LogP contribution in [0.25, 0.3) is 0 Å². The van der Waals surface area contributed by atoms with Crippen molar-refractivity contribution in [2.45, 2.75) is 64.7 Å². The Bertz CT molecular complexity index is 455. The molecule has 25 heavy (non-hydrogen) atoms. The second-order valence-electron chi connectivity index (χ2n) is 7.38. The maximum absolute atomic E-state index is 12.0. The summed E-state index contributed by atoms with van der Waals surface area (Å²) in [5.41, 5.74) is 0. The monoisotopic (exact) mass is 368 g/mol. The number of hydrogen-bond donors (Lipinski definition) is 1. The minimum atomic E-state index is 0.329. The SMILES string of the molecule is CCNC(=NCCC(CC)N1CCCC1=O)N1CCSC(C(C)C)C1. The lowest BCUT2D eigenvalue weighted by Gasteiger charge is -2.36. The van der Waals surface area contributed by atoms with Crippen LogP contribution in [-0.4, -0.2) is 71.4 Å². The van der Waals surface area contributed by atoms with Crippen molar-refractivity contribution in [3.8, 4) is 0 Å². The summed E-state index contributed by atoms with van der Waals surface area (Å²) in [7, 11) is 0. The average Bonchev–Trinajstić information content (AvgIpc) is 3.03. The van der Waals surface area contributed by atoms with Crippen molar-refractivity contribution in [3.63, 3.8) is 0 Å². The minimum absolute atomic E-state index is 0.329. The fraction of sp³-hybridized carbons (Fsp3) is 0.895. The lowest BCUT2D eigenvalue weighted by atomic mass is 10.1. The van der Waals surface area contributed by atoms with Crippen LogP contribution in [0.5, 0.6) is 0 Å². The summed E-state index contributed by atoms with van der Waals surface area (Å²) >= 11 is 2.09. The lowest BCUT2D eigenvalue weighted by molar-refractivity contribution is -0.129. The van der Waals surface area contributed by atoms with Crippen LogP contribution in [0.2, 0.25) is 0 Å². The van der Waals surface area contributed by atoms with Crippen LogP contribution in [0.1, 0.15) is 53.4 Å². The number of carbonyl (C=O) groups is 1. The van der Waals surface area contributed by atoms with E-state index in [1.165, 1.54) is 5.75 Å². The Hall–Kier alpha value is -0.910. The third-order valence-corrected chi connectivity index (χ3v) is 6.76. The van der Waals surface area contributed by atoms with Crippen molar-refractivity contribution >= 4 is 23.6 Å². The Morgan fingerprint density at radius 1 is 1.36 bits per heavy atom. The molecule has 0 aliphatic carbocycles. The van der Waals surface area contributed by atoms with E-state index in [1.54, 1.807) is 0 Å². The standard InChI is InChI=1S/C19H36N4OS/c1-5-16(23-11-7-8-18(23)24)9-10-21-19(20-6-2)22-12-13-25-17(14-22)15(3)4/h15-17H,5-14H2,1-4H3,(H,20,21). The van der Waals surface area contributed by atoms with Gasteiger partial charge in [-0.05, 0) is 32.1 Å². The number of guanidine groups is 1. The third-order valence-electron chi connectivity index (χ3n) is 5.22. The van der Waals surface area contributed by atoms with Crippen LogP contribution >= 0.6 is 11.8 Å². The van der Waals surface area contributed by atoms with Crippen molar-refractivity contribution in [3.05, 3.63) is 0 Å². The third kappa shape index (κ3) is 5.80. The highest BCUT2D eigenvalue weighted by Gasteiger charge is 2.27. The molecule has 0 spiro atoms. The summed E-state index contributed by atoms with van der Waals surface area (Å²) in [5.74, 6) is 3.25. The number of rotatable bonds is 7. The number of likely N-dealkylation sites (tertiary alicyclic amines) is 1. The molecule has 5 nitrogen and oxygen atoms in total. The molecule has 2 aliphatic rings. The normalized spacial score (nSPS) is 23.5. The Kier molecular flexibility index (Phi) is 8.40. The van der Waals surface area contributed by atoms with E-state index in [2.05, 4.69) is 54.6 Å². The smallest absolute Gasteiger partial charge is 0.222 e. The van der Waals surface area contributed by atoms with E-state index in [0.29, 0.717) is 23.1 Å². The van der Waals surface area contributed by atoms with Gasteiger partial charge in [0.1, 0.15) is 0 Å². The predicted octanol–water partition coefficient (Wildman–Crippen LogP) is 2.82. The molecule has 1 amide bonds. The Labute approximate surface area is 158 Å². The molecule has 2 atom stereocenters. The van der Waals surface area contributed by atoms with Crippen molar-refractivity contribution in [2.24, 2.45) is 10.9 Å². The van der Waals surface area contributed by atoms with E-state index in [0.717, 1.165) is 64.4 Å². The van der Waals surface area contributed by atoms with E-state index >= 15 is 0 Å². The van der Waals surface area contributed by atoms with Gasteiger partial charge in [-0.2, -0.15) is 11.8 Å². The van der Waals surface area contributed by atoms with Gasteiger partial charge in [0.05, 0.1) is 0 Å². The van der Waals surface area contributed by atoms with E-state index in [-0.39, 0.29) is 0 Å². The molecule has 2 rings (SSSR count). The number of nitrogens with one attached hydrogen (secondary N) is 1. The van der Waals surface area contributed by atoms with Crippen LogP contribution in [-0.2, 0) is 4.79 Å². The van der Waals surface area contributed by atoms with Crippen LogP contribution in [0.3, 0.4) is 0 Å². The number of thioether (sulfide) groups is 1. The van der Waals surface area contributed by atoms with E-state index in [1.807, 2.05) is 0 Å². The van der Waals surface area contributed by atoms with Crippen molar-refractivity contribution in [1.29, 1.82) is 0 Å². The molecular weight excluding hydrogens is 332 g/mol. The van der Waals surface area contributed by atoms with E-state index < -0.39 is 0 Å². The number of hydrogen-bond acceptors (Lipinski definition) is 3. The summed E-state index contributed by atoms with van der Waals surface area (Å²) in [5, 5.41) is 4.15. The predicted molar refractivity (Wildman–Crippen MR) is 108 cm³/mol. The average molecular weight is 369 g/mol. The molecule has 144 valence electrons. The first kappa shape index (κ1) is 20.4. The van der Waals surface area contributed by atoms with Crippen LogP contribution in [0.15, 0.2) is 4.99 Å². The highest BCUT2D eigenvalue weighted by atomic mass is 32.2. The summed E-state index contributed by atoms with van der Waals surface area (Å²) < 4.78 is 0. The molecule has 2 unspecified atom stereocenters. The first-order valence-corrected chi connectivity index (χ1v) is 11.1. The maximum Gasteiger partial charge on any atom is 0.222 e. The van der Waals surface area contributed by atoms with Gasteiger partial charge in [0, 0.05) is 56.2 Å². The minimum Gasteiger partial charge on any atom is -0.357 e. The maximum atomic E-state index is 12.0. The quantitative estimate of drug-likeness (QED) is 0.554. The van der Waals surface area contributed by atoms with E-state index in [9.17, 15) is 4.79 Å². The van der Waals surface area contributed by atoms with Crippen molar-refractivity contribution < 1.29 is 4.79 Å². The van der Waals surface area contributed by atoms with Crippen LogP contribution in [0, 0.1) is 5.92 Å². The second kappa shape index (κ2) is 10.3. The fourth-order valence-electron chi connectivity index (χ4n) is 3.65. The van der Waals surface area contributed by atoms with Gasteiger partial charge in [-0.1, -0.05) is 20.8 Å². The molecule has 2 aliphatic heterocycles. The number of carbonyl (C=O) groups excluding carboxylic acids is 1. The summed E-state index contributed by atoms with van der Waals surface area (Å²) in [6.45, 7) is 13.7. The first-order chi connectivity index (χ1) is 12.1. The molecule has 0 aromatic heterocycles. The highest BCUT2D eigenvalue weighted by molar-refractivity contribution is 8.00. The molecule has 0 radical (unpaired) electrons. The van der Waals surface area contributed by atoms with Gasteiger partial charge in [-0.25, -0.2) is 0 Å². The summed E-state index contributed by atoms with van der Waals surface area (Å²) in [4.78, 5) is 21.4. The lowest BCUT2D eigenvalue weighted by Crippen LogP contribution is -2.49. The summed E-state index contributed by atoms with van der Waals surface area (Å²) in [6.07, 6.45) is 3.73. The molecule has 1 N–H and O–H groups in total. The highest BCUT2D eigenvalue weighted by Crippen LogP contribution is 2.25. The van der Waals surface area contributed by atoms with Crippen LogP contribution in [0.4, 0.5) is 0 Å². The Morgan fingerprint density at radius 3 is 2.76 bits per heavy atom. The molecule has 0 aromatic rings. The van der Waals surface area contributed by atoms with Gasteiger partial charge in [-0.3, -0.25) is 9.79 Å². The molecule has 2 heterocycles. The molecule has 2 fully saturated rings. The van der Waals surface area contributed by atoms with Gasteiger partial charge in [0.25, 0.3) is 0 Å². The molecule has 0 bridgehead atoms. The van der Waals surface area contributed by atoms with Gasteiger partial charge in [0.2, 0.25) is 5.91 Å². The zero-order valence-electron chi connectivity index (χ0n) is 16.5. The van der Waals surface area contributed by atoms with Crippen molar-refractivity contribution in [2.75, 3.05) is 38.5 Å². The van der Waals surface area contributed by atoms with Crippen LogP contribution < -0.4 is 5.32 Å². The fourth-order valence-corrected chi connectivity index (χ4v) is 4.95. The number of amides is 1. The number of aliphatic imine (C=N–C) groups is 1. The molecular formula is C19H36N4OS. The van der Waals surface area contributed by atoms with E-state index in [4.69, 9.17) is 4.99 Å². The van der Waals surface area contributed by atoms with Crippen molar-refractivity contribution in [1.82, 2.24) is 15.1 Å². The molecule has 6 heteroatoms. The second-order valence-corrected chi connectivity index (χ2v) is 8.72. The summed E-state index contributed by atoms with van der Waals surface area (Å²) in [6, 6.07) is 0.349. The van der Waals surface area contributed by atoms with Gasteiger partial charge >= 0.3 is 0 Å². The molecule has 2 saturated heterocycles. The Morgan fingerprint density at radius 2 is 2.16 bits per heavy atom. The Balaban J connectivity index is 1.93. The zero-order valence-corrected chi connectivity index (χ0v) is 17.3. The van der Waals surface area contributed by atoms with Gasteiger partial charge in [-0.15, -0.1) is 0 Å². The number of nitrogens with zero attached hydrogens (tertiary/aromatic N) is 3. The zero-order chi connectivity index (χ0) is 18.2. The van der Waals surface area contributed by atoms with Gasteiger partial charge < -0.3 is 15.1 Å². The van der Waals surface area contributed by atoms with Gasteiger partial charge in [0.15, 0.2) is 5.96 Å². The first-order valence-electron chi connectivity index (χ1n) is 10.0. The molecule has 0 aromatic carbocycles. The molecule has 0 saturated carbocycles. The topological polar surface area (TPSA) is 47.9 Å².